The minimum absolute atomic E-state index is 0.117. The molecule has 138 valence electrons. The number of rotatable bonds is 12. The van der Waals surface area contributed by atoms with Crippen LogP contribution in [-0.2, 0) is 14.3 Å². The summed E-state index contributed by atoms with van der Waals surface area (Å²) in [6.07, 6.45) is 7.30. The minimum Gasteiger partial charge on any atom is -0.459 e. The molecule has 2 atom stereocenters. The van der Waals surface area contributed by atoms with Crippen LogP contribution in [0.3, 0.4) is 0 Å². The van der Waals surface area contributed by atoms with Crippen molar-refractivity contribution in [1.29, 1.82) is 0 Å². The zero-order valence-electron chi connectivity index (χ0n) is 15.8. The summed E-state index contributed by atoms with van der Waals surface area (Å²) in [5.41, 5.74) is 0. The zero-order valence-corrected chi connectivity index (χ0v) is 15.8. The molecule has 24 heavy (non-hydrogen) atoms. The summed E-state index contributed by atoms with van der Waals surface area (Å²) in [7, 11) is 0. The van der Waals surface area contributed by atoms with Gasteiger partial charge in [-0.15, -0.1) is 5.92 Å². The largest absolute Gasteiger partial charge is 0.459 e. The van der Waals surface area contributed by atoms with Gasteiger partial charge in [0.2, 0.25) is 0 Å². The smallest absolute Gasteiger partial charge is 0.321 e. The van der Waals surface area contributed by atoms with Gasteiger partial charge in [-0.2, -0.15) is 0 Å². The molecule has 0 aromatic heterocycles. The summed E-state index contributed by atoms with van der Waals surface area (Å²) >= 11 is 0. The molecule has 1 aliphatic rings. The lowest BCUT2D eigenvalue weighted by Gasteiger charge is -2.20. The van der Waals surface area contributed by atoms with E-state index in [0.717, 1.165) is 39.1 Å². The van der Waals surface area contributed by atoms with E-state index >= 15 is 0 Å². The van der Waals surface area contributed by atoms with Crippen LogP contribution in [0, 0.1) is 17.8 Å². The number of unbranched alkanes of at least 4 members (excludes halogenated alkanes) is 2. The average Bonchev–Trinajstić information content (AvgIpc) is 2.93. The molecule has 1 aliphatic heterocycles. The van der Waals surface area contributed by atoms with E-state index < -0.39 is 0 Å². The number of esters is 1. The third-order valence-electron chi connectivity index (χ3n) is 4.20. The van der Waals surface area contributed by atoms with Crippen molar-refractivity contribution in [3.8, 4) is 11.8 Å². The maximum Gasteiger partial charge on any atom is 0.321 e. The summed E-state index contributed by atoms with van der Waals surface area (Å²) < 4.78 is 10.8. The van der Waals surface area contributed by atoms with Crippen LogP contribution in [-0.4, -0.2) is 49.8 Å². The van der Waals surface area contributed by atoms with Crippen LogP contribution >= 0.6 is 0 Å². The van der Waals surface area contributed by atoms with Crippen molar-refractivity contribution >= 4 is 5.97 Å². The van der Waals surface area contributed by atoms with Gasteiger partial charge in [0, 0.05) is 26.0 Å². The molecule has 1 heterocycles. The quantitative estimate of drug-likeness (QED) is 0.310. The fourth-order valence-electron chi connectivity index (χ4n) is 2.74. The molecule has 1 saturated heterocycles. The van der Waals surface area contributed by atoms with E-state index in [0.29, 0.717) is 13.0 Å². The van der Waals surface area contributed by atoms with Crippen LogP contribution in [0.2, 0.25) is 0 Å². The van der Waals surface area contributed by atoms with Crippen molar-refractivity contribution in [3.05, 3.63) is 0 Å². The second-order valence-electron chi connectivity index (χ2n) is 6.54. The van der Waals surface area contributed by atoms with Gasteiger partial charge in [0.25, 0.3) is 0 Å². The molecular weight excluding hydrogens is 302 g/mol. The first kappa shape index (κ1) is 21.0. The molecule has 0 spiro atoms. The zero-order chi connectivity index (χ0) is 17.6. The maximum atomic E-state index is 11.8. The van der Waals surface area contributed by atoms with Gasteiger partial charge >= 0.3 is 5.97 Å². The van der Waals surface area contributed by atoms with E-state index in [1.165, 1.54) is 25.7 Å². The summed E-state index contributed by atoms with van der Waals surface area (Å²) in [6, 6.07) is 0. The van der Waals surface area contributed by atoms with Crippen molar-refractivity contribution in [2.45, 2.75) is 71.8 Å². The highest BCUT2D eigenvalue weighted by molar-refractivity contribution is 5.77. The van der Waals surface area contributed by atoms with E-state index in [1.807, 2.05) is 0 Å². The lowest BCUT2D eigenvalue weighted by atomic mass is 10.1. The monoisotopic (exact) mass is 337 g/mol. The van der Waals surface area contributed by atoms with E-state index in [9.17, 15) is 4.79 Å². The predicted molar refractivity (Wildman–Crippen MR) is 97.7 cm³/mol. The molecule has 0 aromatic rings. The van der Waals surface area contributed by atoms with Gasteiger partial charge in [-0.25, -0.2) is 0 Å². The highest BCUT2D eigenvalue weighted by Gasteiger charge is 2.33. The lowest BCUT2D eigenvalue weighted by Crippen LogP contribution is -2.27. The van der Waals surface area contributed by atoms with Crippen molar-refractivity contribution < 1.29 is 14.3 Å². The Balaban J connectivity index is 2.31. The van der Waals surface area contributed by atoms with Gasteiger partial charge in [0.1, 0.15) is 12.0 Å². The molecule has 0 amide bonds. The SMILES string of the molecule is CCCCN(CCC#C[C@H]1C[C@@H](COCCC)OC1=O)CCCC. The molecule has 0 aliphatic carbocycles. The lowest BCUT2D eigenvalue weighted by molar-refractivity contribution is -0.144. The van der Waals surface area contributed by atoms with Crippen molar-refractivity contribution in [1.82, 2.24) is 4.90 Å². The first-order chi connectivity index (χ1) is 11.7. The Morgan fingerprint density at radius 2 is 1.83 bits per heavy atom. The van der Waals surface area contributed by atoms with Crippen molar-refractivity contribution in [2.75, 3.05) is 32.8 Å². The van der Waals surface area contributed by atoms with Crippen LogP contribution in [0.5, 0.6) is 0 Å². The summed E-state index contributed by atoms with van der Waals surface area (Å²) in [5, 5.41) is 0. The Labute approximate surface area is 148 Å². The van der Waals surface area contributed by atoms with Crippen LogP contribution in [0.1, 0.15) is 65.7 Å². The second-order valence-corrected chi connectivity index (χ2v) is 6.54. The topological polar surface area (TPSA) is 38.8 Å². The molecule has 4 nitrogen and oxygen atoms in total. The molecule has 0 aromatic carbocycles. The standard InChI is InChI=1S/C20H35NO3/c1-4-7-12-21(13-8-5-2)14-10-9-11-18-16-19(24-20(18)22)17-23-15-6-3/h18-19H,4-8,10,12-17H2,1-3H3/t18-,19-/m0/s1. The van der Waals surface area contributed by atoms with Gasteiger partial charge in [0.05, 0.1) is 6.61 Å². The number of carbonyl (C=O) groups is 1. The molecule has 1 rings (SSSR count). The van der Waals surface area contributed by atoms with E-state index in [-0.39, 0.29) is 18.0 Å². The third-order valence-corrected chi connectivity index (χ3v) is 4.20. The Bertz CT molecular complexity index is 391. The molecule has 0 radical (unpaired) electrons. The molecule has 0 bridgehead atoms. The highest BCUT2D eigenvalue weighted by atomic mass is 16.6. The van der Waals surface area contributed by atoms with Gasteiger partial charge in [-0.3, -0.25) is 4.79 Å². The van der Waals surface area contributed by atoms with E-state index in [1.54, 1.807) is 0 Å². The fraction of sp³-hybridized carbons (Fsp3) is 0.850. The molecule has 0 unspecified atom stereocenters. The van der Waals surface area contributed by atoms with Crippen molar-refractivity contribution in [3.63, 3.8) is 0 Å². The summed E-state index contributed by atoms with van der Waals surface area (Å²) in [4.78, 5) is 14.3. The predicted octanol–water partition coefficient (Wildman–Crippen LogP) is 3.64. The van der Waals surface area contributed by atoms with Crippen LogP contribution in [0.4, 0.5) is 0 Å². The average molecular weight is 338 g/mol. The number of hydrogen-bond donors (Lipinski definition) is 0. The number of ether oxygens (including phenoxy) is 2. The fourth-order valence-corrected chi connectivity index (χ4v) is 2.74. The minimum atomic E-state index is -0.264. The first-order valence-electron chi connectivity index (χ1n) is 9.70. The normalized spacial score (nSPS) is 20.1. The second kappa shape index (κ2) is 13.3. The number of carbonyl (C=O) groups excluding carboxylic acids is 1. The molecule has 1 fully saturated rings. The third kappa shape index (κ3) is 8.70. The Kier molecular flexibility index (Phi) is 11.6. The van der Waals surface area contributed by atoms with Crippen molar-refractivity contribution in [2.24, 2.45) is 5.92 Å². The Morgan fingerprint density at radius 3 is 2.46 bits per heavy atom. The van der Waals surface area contributed by atoms with E-state index in [4.69, 9.17) is 9.47 Å². The number of nitrogens with zero attached hydrogens (tertiary/aromatic N) is 1. The Hall–Kier alpha value is -1.05. The van der Waals surface area contributed by atoms with Gasteiger partial charge in [0.15, 0.2) is 0 Å². The molecule has 0 N–H and O–H groups in total. The highest BCUT2D eigenvalue weighted by Crippen LogP contribution is 2.20. The maximum absolute atomic E-state index is 11.8. The molecule has 0 saturated carbocycles. The molecular formula is C20H35NO3. The van der Waals surface area contributed by atoms with Crippen LogP contribution in [0.15, 0.2) is 0 Å². The number of hydrogen-bond acceptors (Lipinski definition) is 4. The molecule has 4 heteroatoms. The van der Waals surface area contributed by atoms with Gasteiger partial charge in [-0.05, 0) is 32.4 Å². The van der Waals surface area contributed by atoms with Crippen LogP contribution < -0.4 is 0 Å². The number of cyclic esters (lactones) is 1. The summed E-state index contributed by atoms with van der Waals surface area (Å²) in [5.74, 6) is 5.86. The van der Waals surface area contributed by atoms with Gasteiger partial charge < -0.3 is 14.4 Å². The van der Waals surface area contributed by atoms with Gasteiger partial charge in [-0.1, -0.05) is 39.5 Å². The first-order valence-corrected chi connectivity index (χ1v) is 9.70. The Morgan fingerprint density at radius 1 is 1.12 bits per heavy atom. The van der Waals surface area contributed by atoms with Crippen LogP contribution in [0.25, 0.3) is 0 Å². The summed E-state index contributed by atoms with van der Waals surface area (Å²) in [6.45, 7) is 11.0. The van der Waals surface area contributed by atoms with E-state index in [2.05, 4.69) is 37.5 Å².